The topological polar surface area (TPSA) is 49.4 Å². The number of thiol groups is 1. The maximum Gasteiger partial charge on any atom is 0.280 e. The fourth-order valence-electron chi connectivity index (χ4n) is 1.86. The number of nitrogens with zero attached hydrogens (tertiary/aromatic N) is 1. The van der Waals surface area contributed by atoms with Crippen LogP contribution >= 0.6 is 12.6 Å². The van der Waals surface area contributed by atoms with Gasteiger partial charge in [0, 0.05) is 24.8 Å². The number of rotatable bonds is 1. The van der Waals surface area contributed by atoms with Crippen LogP contribution < -0.4 is 10.2 Å². The van der Waals surface area contributed by atoms with Gasteiger partial charge in [0.05, 0.1) is 0 Å². The average molecular weight is 236 g/mol. The number of carbonyl (C=O) groups excluding carboxylic acids is 2. The number of hydrogen-bond acceptors (Lipinski definition) is 2. The van der Waals surface area contributed by atoms with E-state index < -0.39 is 0 Å². The lowest BCUT2D eigenvalue weighted by molar-refractivity contribution is -0.118. The van der Waals surface area contributed by atoms with Gasteiger partial charge in [0.15, 0.2) is 0 Å². The van der Waals surface area contributed by atoms with E-state index in [4.69, 9.17) is 0 Å². The van der Waals surface area contributed by atoms with Crippen LogP contribution in [-0.2, 0) is 11.2 Å². The Hall–Kier alpha value is -1.49. The van der Waals surface area contributed by atoms with Crippen molar-refractivity contribution in [2.75, 3.05) is 17.3 Å². The van der Waals surface area contributed by atoms with Crippen molar-refractivity contribution >= 4 is 35.1 Å². The van der Waals surface area contributed by atoms with Crippen molar-refractivity contribution in [3.8, 4) is 0 Å². The monoisotopic (exact) mass is 236 g/mol. The summed E-state index contributed by atoms with van der Waals surface area (Å²) in [6.07, 6.45) is 1.23. The van der Waals surface area contributed by atoms with Crippen LogP contribution in [0, 0.1) is 0 Å². The quantitative estimate of drug-likeness (QED) is 0.733. The first-order valence-electron chi connectivity index (χ1n) is 4.97. The van der Waals surface area contributed by atoms with Crippen LogP contribution in [0.2, 0.25) is 0 Å². The predicted octanol–water partition coefficient (Wildman–Crippen LogP) is 2.06. The van der Waals surface area contributed by atoms with Gasteiger partial charge in [-0.25, -0.2) is 0 Å². The van der Waals surface area contributed by atoms with Gasteiger partial charge in [-0.1, -0.05) is 12.6 Å². The summed E-state index contributed by atoms with van der Waals surface area (Å²) in [5.74, 6) is 0.124. The Morgan fingerprint density at radius 1 is 1.44 bits per heavy atom. The molecular formula is C11H12N2O2S. The van der Waals surface area contributed by atoms with Crippen molar-refractivity contribution < 1.29 is 9.59 Å². The lowest BCUT2D eigenvalue weighted by atomic mass is 10.0. The zero-order valence-electron chi connectivity index (χ0n) is 8.86. The maximum absolute atomic E-state index is 11.5. The first kappa shape index (κ1) is 11.0. The molecule has 1 aromatic carbocycles. The summed E-state index contributed by atoms with van der Waals surface area (Å²) in [5, 5.41) is 2.21. The number of fused-ring (bicyclic) bond motifs is 1. The molecule has 1 N–H and O–H groups in total. The standard InChI is InChI=1S/C11H12N2O2S/c1-13-9-4-3-8(12-11(15)16)6-7(9)2-5-10(13)14/h3-4,6H,2,5H2,1H3,(H2,12,15,16). The molecule has 1 heterocycles. The van der Waals surface area contributed by atoms with Crippen molar-refractivity contribution in [1.82, 2.24) is 0 Å². The van der Waals surface area contributed by atoms with E-state index in [1.807, 2.05) is 12.1 Å². The van der Waals surface area contributed by atoms with E-state index in [2.05, 4.69) is 17.9 Å². The van der Waals surface area contributed by atoms with E-state index in [9.17, 15) is 9.59 Å². The van der Waals surface area contributed by atoms with Crippen LogP contribution in [0.5, 0.6) is 0 Å². The van der Waals surface area contributed by atoms with Gasteiger partial charge in [-0.3, -0.25) is 9.59 Å². The zero-order chi connectivity index (χ0) is 11.7. The number of amides is 2. The highest BCUT2D eigenvalue weighted by Crippen LogP contribution is 2.29. The summed E-state index contributed by atoms with van der Waals surface area (Å²) in [6, 6.07) is 5.49. The van der Waals surface area contributed by atoms with Gasteiger partial charge in [-0.15, -0.1) is 0 Å². The molecule has 2 rings (SSSR count). The number of hydrogen-bond donors (Lipinski definition) is 2. The van der Waals surface area contributed by atoms with Gasteiger partial charge in [-0.05, 0) is 30.2 Å². The van der Waals surface area contributed by atoms with Crippen LogP contribution in [0.15, 0.2) is 18.2 Å². The summed E-state index contributed by atoms with van der Waals surface area (Å²) in [5.41, 5.74) is 2.69. The number of anilines is 2. The molecule has 0 aromatic heterocycles. The molecule has 1 aliphatic rings. The van der Waals surface area contributed by atoms with Crippen LogP contribution in [-0.4, -0.2) is 18.2 Å². The van der Waals surface area contributed by atoms with Gasteiger partial charge in [0.25, 0.3) is 5.24 Å². The number of nitrogens with one attached hydrogen (secondary N) is 1. The van der Waals surface area contributed by atoms with E-state index in [1.54, 1.807) is 18.0 Å². The molecule has 4 nitrogen and oxygen atoms in total. The Morgan fingerprint density at radius 2 is 2.19 bits per heavy atom. The van der Waals surface area contributed by atoms with Crippen molar-refractivity contribution in [2.45, 2.75) is 12.8 Å². The SMILES string of the molecule is CN1C(=O)CCc2cc(NC(=O)S)ccc21. The highest BCUT2D eigenvalue weighted by Gasteiger charge is 2.20. The Labute approximate surface area is 99.0 Å². The largest absolute Gasteiger partial charge is 0.317 e. The van der Waals surface area contributed by atoms with E-state index in [1.165, 1.54) is 0 Å². The number of aryl methyl sites for hydroxylation is 1. The van der Waals surface area contributed by atoms with Crippen molar-refractivity contribution in [3.05, 3.63) is 23.8 Å². The second-order valence-electron chi connectivity index (χ2n) is 3.73. The molecule has 0 unspecified atom stereocenters. The zero-order valence-corrected chi connectivity index (χ0v) is 9.75. The molecule has 0 atom stereocenters. The fraction of sp³-hybridized carbons (Fsp3) is 0.273. The Kier molecular flexibility index (Phi) is 2.87. The fourth-order valence-corrected chi connectivity index (χ4v) is 1.99. The van der Waals surface area contributed by atoms with Crippen molar-refractivity contribution in [2.24, 2.45) is 0 Å². The smallest absolute Gasteiger partial charge is 0.280 e. The average Bonchev–Trinajstić information content (AvgIpc) is 2.23. The second-order valence-corrected chi connectivity index (χ2v) is 4.13. The lowest BCUT2D eigenvalue weighted by Crippen LogP contribution is -2.31. The summed E-state index contributed by atoms with van der Waals surface area (Å²) >= 11 is 3.65. The van der Waals surface area contributed by atoms with Gasteiger partial charge in [0.2, 0.25) is 5.91 Å². The minimum absolute atomic E-state index is 0.124. The van der Waals surface area contributed by atoms with Gasteiger partial charge >= 0.3 is 0 Å². The van der Waals surface area contributed by atoms with E-state index in [0.717, 1.165) is 17.7 Å². The van der Waals surface area contributed by atoms with Gasteiger partial charge in [0.1, 0.15) is 0 Å². The molecule has 1 aliphatic heterocycles. The van der Waals surface area contributed by atoms with Crippen LogP contribution in [0.3, 0.4) is 0 Å². The third-order valence-electron chi connectivity index (χ3n) is 2.67. The molecule has 0 radical (unpaired) electrons. The molecule has 0 bridgehead atoms. The molecule has 0 saturated heterocycles. The van der Waals surface area contributed by atoms with E-state index >= 15 is 0 Å². The lowest BCUT2D eigenvalue weighted by Gasteiger charge is -2.26. The number of carbonyl (C=O) groups is 2. The van der Waals surface area contributed by atoms with Gasteiger partial charge in [-0.2, -0.15) is 0 Å². The summed E-state index contributed by atoms with van der Waals surface area (Å²) in [7, 11) is 1.76. The maximum atomic E-state index is 11.5. The summed E-state index contributed by atoms with van der Waals surface area (Å²) < 4.78 is 0. The second kappa shape index (κ2) is 4.17. The Bertz CT molecular complexity index is 459. The van der Waals surface area contributed by atoms with Crippen LogP contribution in [0.1, 0.15) is 12.0 Å². The predicted molar refractivity (Wildman–Crippen MR) is 66.2 cm³/mol. The summed E-state index contributed by atoms with van der Waals surface area (Å²) in [6.45, 7) is 0. The van der Waals surface area contributed by atoms with E-state index in [0.29, 0.717) is 12.1 Å². The highest BCUT2D eigenvalue weighted by atomic mass is 32.1. The molecule has 1 aromatic rings. The first-order valence-corrected chi connectivity index (χ1v) is 5.42. The molecule has 0 fully saturated rings. The Balaban J connectivity index is 2.33. The van der Waals surface area contributed by atoms with E-state index in [-0.39, 0.29) is 11.1 Å². The third-order valence-corrected chi connectivity index (χ3v) is 2.79. The minimum Gasteiger partial charge on any atom is -0.317 e. The number of benzene rings is 1. The van der Waals surface area contributed by atoms with Crippen molar-refractivity contribution in [3.63, 3.8) is 0 Å². The van der Waals surface area contributed by atoms with Crippen LogP contribution in [0.4, 0.5) is 16.2 Å². The van der Waals surface area contributed by atoms with Gasteiger partial charge < -0.3 is 10.2 Å². The Morgan fingerprint density at radius 3 is 2.88 bits per heavy atom. The van der Waals surface area contributed by atoms with Crippen LogP contribution in [0.25, 0.3) is 0 Å². The minimum atomic E-state index is -0.389. The molecule has 16 heavy (non-hydrogen) atoms. The highest BCUT2D eigenvalue weighted by molar-refractivity contribution is 7.96. The normalized spacial score (nSPS) is 14.6. The molecule has 0 aliphatic carbocycles. The molecule has 0 spiro atoms. The first-order chi connectivity index (χ1) is 7.58. The summed E-state index contributed by atoms with van der Waals surface area (Å²) in [4.78, 5) is 23.9. The molecule has 5 heteroatoms. The molecule has 84 valence electrons. The molecule has 0 saturated carbocycles. The van der Waals surface area contributed by atoms with Crippen molar-refractivity contribution in [1.29, 1.82) is 0 Å². The molecular weight excluding hydrogens is 224 g/mol. The third kappa shape index (κ3) is 2.04. The molecule has 2 amide bonds.